The molecule has 2 rings (SSSR count). The van der Waals surface area contributed by atoms with Gasteiger partial charge in [0.2, 0.25) is 0 Å². The molecule has 21 heavy (non-hydrogen) atoms. The summed E-state index contributed by atoms with van der Waals surface area (Å²) in [6.45, 7) is 2.12. The number of hydrogen-bond acceptors (Lipinski definition) is 4. The molecular formula is C17H19NO3. The Morgan fingerprint density at radius 3 is 2.62 bits per heavy atom. The number of carbonyl (C=O) groups excluding carboxylic acids is 2. The zero-order chi connectivity index (χ0) is 15.1. The largest absolute Gasteiger partial charge is 0.335 e. The van der Waals surface area contributed by atoms with Crippen LogP contribution in [-0.4, -0.2) is 17.5 Å². The van der Waals surface area contributed by atoms with Crippen molar-refractivity contribution >= 4 is 17.5 Å². The van der Waals surface area contributed by atoms with Crippen LogP contribution in [0.3, 0.4) is 0 Å². The van der Waals surface area contributed by atoms with E-state index in [4.69, 9.17) is 4.84 Å². The Labute approximate surface area is 124 Å². The van der Waals surface area contributed by atoms with Crippen LogP contribution >= 0.6 is 0 Å². The highest BCUT2D eigenvalue weighted by molar-refractivity contribution is 6.23. The first-order chi connectivity index (χ1) is 10.2. The Morgan fingerprint density at radius 1 is 1.10 bits per heavy atom. The molecule has 4 heteroatoms. The van der Waals surface area contributed by atoms with Gasteiger partial charge in [0, 0.05) is 17.5 Å². The SMILES string of the molecule is CCCCCCC(=O)O/N=C1/C=CC(=O)c2ccccc21. The Morgan fingerprint density at radius 2 is 1.86 bits per heavy atom. The number of benzene rings is 1. The molecule has 1 aromatic rings. The third-order valence-electron chi connectivity index (χ3n) is 3.34. The number of allylic oxidation sites excluding steroid dienone is 2. The van der Waals surface area contributed by atoms with Crippen molar-refractivity contribution in [2.45, 2.75) is 39.0 Å². The molecule has 4 nitrogen and oxygen atoms in total. The lowest BCUT2D eigenvalue weighted by atomic mass is 9.95. The molecule has 1 aromatic carbocycles. The number of nitrogens with zero attached hydrogens (tertiary/aromatic N) is 1. The summed E-state index contributed by atoms with van der Waals surface area (Å²) in [5.74, 6) is -0.392. The number of rotatable bonds is 6. The molecule has 0 N–H and O–H groups in total. The van der Waals surface area contributed by atoms with Crippen LogP contribution in [0.1, 0.15) is 54.9 Å². The number of ketones is 1. The fourth-order valence-electron chi connectivity index (χ4n) is 2.18. The van der Waals surface area contributed by atoms with Crippen LogP contribution in [0, 0.1) is 0 Å². The van der Waals surface area contributed by atoms with E-state index in [9.17, 15) is 9.59 Å². The van der Waals surface area contributed by atoms with Gasteiger partial charge in [-0.05, 0) is 18.6 Å². The summed E-state index contributed by atoms with van der Waals surface area (Å²) >= 11 is 0. The van der Waals surface area contributed by atoms with Gasteiger partial charge in [-0.2, -0.15) is 0 Å². The van der Waals surface area contributed by atoms with Crippen LogP contribution in [0.5, 0.6) is 0 Å². The van der Waals surface area contributed by atoms with Crippen LogP contribution in [0.25, 0.3) is 0 Å². The summed E-state index contributed by atoms with van der Waals surface area (Å²) in [6, 6.07) is 7.16. The standard InChI is InChI=1S/C17H19NO3/c1-2-3-4-5-10-17(20)21-18-15-11-12-16(19)14-9-7-6-8-13(14)15/h6-9,11-12H,2-5,10H2,1H3/b18-15-. The molecule has 0 heterocycles. The Bertz CT molecular complexity index is 587. The first-order valence-corrected chi connectivity index (χ1v) is 7.32. The third kappa shape index (κ3) is 4.12. The second-order valence-corrected chi connectivity index (χ2v) is 4.99. The minimum atomic E-state index is -0.332. The first kappa shape index (κ1) is 15.2. The van der Waals surface area contributed by atoms with Gasteiger partial charge < -0.3 is 4.84 Å². The van der Waals surface area contributed by atoms with Gasteiger partial charge in [-0.1, -0.05) is 55.6 Å². The Hall–Kier alpha value is -2.23. The summed E-state index contributed by atoms with van der Waals surface area (Å²) in [5, 5.41) is 3.89. The average molecular weight is 285 g/mol. The van der Waals surface area contributed by atoms with E-state index in [0.717, 1.165) is 25.7 Å². The summed E-state index contributed by atoms with van der Waals surface area (Å²) in [7, 11) is 0. The molecule has 1 aliphatic carbocycles. The van der Waals surface area contributed by atoms with E-state index in [1.807, 2.05) is 6.07 Å². The van der Waals surface area contributed by atoms with Crippen molar-refractivity contribution < 1.29 is 14.4 Å². The van der Waals surface area contributed by atoms with Crippen molar-refractivity contribution in [1.82, 2.24) is 0 Å². The lowest BCUT2D eigenvalue weighted by Crippen LogP contribution is -2.13. The fraction of sp³-hybridized carbons (Fsp3) is 0.353. The zero-order valence-corrected chi connectivity index (χ0v) is 12.2. The van der Waals surface area contributed by atoms with Crippen molar-refractivity contribution in [3.8, 4) is 0 Å². The van der Waals surface area contributed by atoms with Gasteiger partial charge in [-0.25, -0.2) is 4.79 Å². The van der Waals surface area contributed by atoms with E-state index in [0.29, 0.717) is 23.3 Å². The Balaban J connectivity index is 1.97. The molecule has 1 aliphatic rings. The summed E-state index contributed by atoms with van der Waals surface area (Å²) in [4.78, 5) is 28.3. The minimum Gasteiger partial charge on any atom is -0.318 e. The van der Waals surface area contributed by atoms with Gasteiger partial charge >= 0.3 is 5.97 Å². The topological polar surface area (TPSA) is 55.7 Å². The normalized spacial score (nSPS) is 15.1. The Kier molecular flexibility index (Phi) is 5.43. The van der Waals surface area contributed by atoms with E-state index >= 15 is 0 Å². The first-order valence-electron chi connectivity index (χ1n) is 7.32. The molecule has 0 spiro atoms. The van der Waals surface area contributed by atoms with Crippen molar-refractivity contribution in [2.75, 3.05) is 0 Å². The molecule has 0 aliphatic heterocycles. The van der Waals surface area contributed by atoms with Crippen LogP contribution < -0.4 is 0 Å². The van der Waals surface area contributed by atoms with Crippen molar-refractivity contribution in [2.24, 2.45) is 5.16 Å². The molecule has 110 valence electrons. The van der Waals surface area contributed by atoms with E-state index in [1.165, 1.54) is 6.08 Å². The van der Waals surface area contributed by atoms with Crippen molar-refractivity contribution in [1.29, 1.82) is 0 Å². The lowest BCUT2D eigenvalue weighted by molar-refractivity contribution is -0.143. The average Bonchev–Trinajstić information content (AvgIpc) is 2.51. The number of unbranched alkanes of at least 4 members (excludes halogenated alkanes) is 3. The second kappa shape index (κ2) is 7.53. The number of hydrogen-bond donors (Lipinski definition) is 0. The molecule has 0 bridgehead atoms. The van der Waals surface area contributed by atoms with Gasteiger partial charge in [0.25, 0.3) is 0 Å². The maximum absolute atomic E-state index is 11.7. The van der Waals surface area contributed by atoms with E-state index < -0.39 is 0 Å². The maximum Gasteiger partial charge on any atom is 0.335 e. The zero-order valence-electron chi connectivity index (χ0n) is 12.2. The van der Waals surface area contributed by atoms with Gasteiger partial charge in [-0.15, -0.1) is 0 Å². The molecular weight excluding hydrogens is 266 g/mol. The molecule has 0 saturated heterocycles. The predicted octanol–water partition coefficient (Wildman–Crippen LogP) is 3.66. The number of oxime groups is 1. The highest BCUT2D eigenvalue weighted by Crippen LogP contribution is 2.17. The lowest BCUT2D eigenvalue weighted by Gasteiger charge is -2.10. The smallest absolute Gasteiger partial charge is 0.318 e. The summed E-state index contributed by atoms with van der Waals surface area (Å²) in [5.41, 5.74) is 1.79. The number of fused-ring (bicyclic) bond motifs is 1. The van der Waals surface area contributed by atoms with Crippen LogP contribution in [0.2, 0.25) is 0 Å². The molecule has 0 fully saturated rings. The third-order valence-corrected chi connectivity index (χ3v) is 3.34. The molecule has 0 saturated carbocycles. The van der Waals surface area contributed by atoms with Crippen molar-refractivity contribution in [3.05, 3.63) is 47.5 Å². The van der Waals surface area contributed by atoms with Crippen LogP contribution in [0.15, 0.2) is 41.6 Å². The molecule has 0 radical (unpaired) electrons. The van der Waals surface area contributed by atoms with E-state index in [1.54, 1.807) is 24.3 Å². The molecule has 0 amide bonds. The van der Waals surface area contributed by atoms with Gasteiger partial charge in [-0.3, -0.25) is 4.79 Å². The highest BCUT2D eigenvalue weighted by Gasteiger charge is 2.17. The number of carbonyl (C=O) groups is 2. The van der Waals surface area contributed by atoms with Gasteiger partial charge in [0.15, 0.2) is 5.78 Å². The van der Waals surface area contributed by atoms with Crippen LogP contribution in [-0.2, 0) is 9.63 Å². The predicted molar refractivity (Wildman–Crippen MR) is 81.3 cm³/mol. The fourth-order valence-corrected chi connectivity index (χ4v) is 2.18. The van der Waals surface area contributed by atoms with Crippen molar-refractivity contribution in [3.63, 3.8) is 0 Å². The molecule has 0 unspecified atom stereocenters. The maximum atomic E-state index is 11.7. The summed E-state index contributed by atoms with van der Waals surface area (Å²) in [6.07, 6.45) is 7.50. The summed E-state index contributed by atoms with van der Waals surface area (Å²) < 4.78 is 0. The van der Waals surface area contributed by atoms with Gasteiger partial charge in [0.05, 0.1) is 0 Å². The monoisotopic (exact) mass is 285 g/mol. The van der Waals surface area contributed by atoms with E-state index in [-0.39, 0.29) is 11.8 Å². The van der Waals surface area contributed by atoms with Crippen LogP contribution in [0.4, 0.5) is 0 Å². The van der Waals surface area contributed by atoms with Gasteiger partial charge in [0.1, 0.15) is 5.71 Å². The molecule has 0 atom stereocenters. The molecule has 0 aromatic heterocycles. The van der Waals surface area contributed by atoms with E-state index in [2.05, 4.69) is 12.1 Å². The highest BCUT2D eigenvalue weighted by atomic mass is 16.7. The minimum absolute atomic E-state index is 0.0598. The second-order valence-electron chi connectivity index (χ2n) is 4.99. The quantitative estimate of drug-likeness (QED) is 0.455.